The molecular weight excluding hydrogens is 501 g/mol. The number of halogens is 3. The number of hydrogen-bond acceptors (Lipinski definition) is 3. The Balaban J connectivity index is 0.00000272. The number of imidazole rings is 1. The van der Waals surface area contributed by atoms with E-state index in [1.54, 1.807) is 13.2 Å². The molecule has 4 rings (SSSR count). The van der Waals surface area contributed by atoms with Crippen molar-refractivity contribution in [1.82, 2.24) is 9.13 Å². The Morgan fingerprint density at radius 1 is 0.839 bits per heavy atom. The van der Waals surface area contributed by atoms with E-state index >= 15 is 0 Å². The molecule has 1 heterocycles. The Labute approximate surface area is 201 Å². The average molecular weight is 523 g/mol. The third-order valence-corrected chi connectivity index (χ3v) is 5.68. The van der Waals surface area contributed by atoms with Gasteiger partial charge in [-0.05, 0) is 54.1 Å². The van der Waals surface area contributed by atoms with Crippen LogP contribution in [0.4, 0.5) is 0 Å². The molecular formula is C23H22BrCl2N3O2. The quantitative estimate of drug-likeness (QED) is 0.326. The Hall–Kier alpha value is -2.41. The molecule has 5 nitrogen and oxygen atoms in total. The van der Waals surface area contributed by atoms with Gasteiger partial charge in [-0.15, -0.1) is 17.0 Å². The summed E-state index contributed by atoms with van der Waals surface area (Å²) in [6.07, 6.45) is 0. The first-order valence-electron chi connectivity index (χ1n) is 9.50. The van der Waals surface area contributed by atoms with Crippen molar-refractivity contribution in [3.05, 3.63) is 88.0 Å². The lowest BCUT2D eigenvalue weighted by atomic mass is 10.2. The van der Waals surface area contributed by atoms with Crippen molar-refractivity contribution >= 4 is 51.2 Å². The van der Waals surface area contributed by atoms with Gasteiger partial charge in [-0.2, -0.15) is 0 Å². The zero-order valence-corrected chi connectivity index (χ0v) is 20.1. The second-order valence-electron chi connectivity index (χ2n) is 6.82. The van der Waals surface area contributed by atoms with E-state index in [1.807, 2.05) is 69.8 Å². The predicted octanol–water partition coefficient (Wildman–Crippen LogP) is 5.94. The molecule has 0 aliphatic rings. The lowest BCUT2D eigenvalue weighted by molar-refractivity contribution is 0.296. The molecule has 3 aromatic carbocycles. The molecule has 1 N–H and O–H groups in total. The predicted molar refractivity (Wildman–Crippen MR) is 130 cm³/mol. The molecule has 0 bridgehead atoms. The summed E-state index contributed by atoms with van der Waals surface area (Å²) in [5.74, 6) is 1.55. The fourth-order valence-corrected chi connectivity index (χ4v) is 3.75. The first-order chi connectivity index (χ1) is 14.6. The lowest BCUT2D eigenvalue weighted by Gasteiger charge is -2.09. The van der Waals surface area contributed by atoms with Crippen LogP contribution in [0.15, 0.2) is 66.7 Å². The van der Waals surface area contributed by atoms with Gasteiger partial charge in [-0.25, -0.2) is 0 Å². The van der Waals surface area contributed by atoms with Gasteiger partial charge in [0.1, 0.15) is 18.1 Å². The van der Waals surface area contributed by atoms with Crippen molar-refractivity contribution in [2.75, 3.05) is 13.7 Å². The van der Waals surface area contributed by atoms with Crippen LogP contribution in [0.25, 0.3) is 11.0 Å². The van der Waals surface area contributed by atoms with E-state index in [2.05, 4.69) is 0 Å². The molecule has 0 fully saturated rings. The fourth-order valence-electron chi connectivity index (χ4n) is 3.43. The summed E-state index contributed by atoms with van der Waals surface area (Å²) in [6.45, 7) is 1.53. The monoisotopic (exact) mass is 521 g/mol. The summed E-state index contributed by atoms with van der Waals surface area (Å²) in [6, 6.07) is 21.0. The summed E-state index contributed by atoms with van der Waals surface area (Å²) >= 11 is 12.2. The highest BCUT2D eigenvalue weighted by Crippen LogP contribution is 2.24. The molecule has 0 amide bonds. The van der Waals surface area contributed by atoms with E-state index < -0.39 is 0 Å². The molecule has 1 aromatic heterocycles. The highest BCUT2D eigenvalue weighted by molar-refractivity contribution is 8.93. The number of methoxy groups -OCH3 is 1. The van der Waals surface area contributed by atoms with Crippen LogP contribution in [-0.2, 0) is 13.1 Å². The van der Waals surface area contributed by atoms with Crippen LogP contribution in [0.1, 0.15) is 5.56 Å². The molecule has 8 heteroatoms. The number of aromatic nitrogens is 2. The van der Waals surface area contributed by atoms with Gasteiger partial charge in [0, 0.05) is 0 Å². The van der Waals surface area contributed by atoms with E-state index in [-0.39, 0.29) is 17.0 Å². The van der Waals surface area contributed by atoms with Gasteiger partial charge in [0.15, 0.2) is 0 Å². The molecule has 0 aliphatic heterocycles. The molecule has 0 unspecified atom stereocenters. The Morgan fingerprint density at radius 3 is 2.13 bits per heavy atom. The summed E-state index contributed by atoms with van der Waals surface area (Å²) in [5.41, 5.74) is 3.36. The van der Waals surface area contributed by atoms with Crippen LogP contribution in [0.2, 0.25) is 10.0 Å². The molecule has 0 radical (unpaired) electrons. The first kappa shape index (κ1) is 23.3. The fraction of sp³-hybridized carbons (Fsp3) is 0.174. The maximum atomic E-state index is 8.75. The van der Waals surface area contributed by atoms with Crippen molar-refractivity contribution in [2.24, 2.45) is 0 Å². The van der Waals surface area contributed by atoms with Crippen molar-refractivity contribution in [2.45, 2.75) is 13.1 Å². The number of para-hydroxylation sites is 2. The summed E-state index contributed by atoms with van der Waals surface area (Å²) in [5, 5.41) is 9.79. The number of benzene rings is 3. The van der Waals surface area contributed by atoms with Crippen LogP contribution in [-0.4, -0.2) is 22.9 Å². The zero-order valence-electron chi connectivity index (χ0n) is 16.8. The highest BCUT2D eigenvalue weighted by atomic mass is 79.9. The molecule has 4 aromatic rings. The Morgan fingerprint density at radius 2 is 1.48 bits per heavy atom. The second-order valence-corrected chi connectivity index (χ2v) is 7.64. The molecule has 0 saturated heterocycles. The van der Waals surface area contributed by atoms with Crippen LogP contribution in [0.5, 0.6) is 11.5 Å². The number of ether oxygens (including phenoxy) is 2. The summed E-state index contributed by atoms with van der Waals surface area (Å²) < 4.78 is 15.0. The maximum Gasteiger partial charge on any atom is 0.203 e. The van der Waals surface area contributed by atoms with Crippen molar-refractivity contribution in [3.8, 4) is 11.5 Å². The topological polar surface area (TPSA) is 52.2 Å². The van der Waals surface area contributed by atoms with E-state index in [4.69, 9.17) is 38.1 Å². The van der Waals surface area contributed by atoms with E-state index in [9.17, 15) is 0 Å². The SMILES string of the molecule is Br.COc1ccc(OCCn2c(=N)n(Cc3ccc(Cl)c(Cl)c3)c3ccccc32)cc1. The molecule has 0 saturated carbocycles. The van der Waals surface area contributed by atoms with E-state index in [0.29, 0.717) is 35.4 Å². The van der Waals surface area contributed by atoms with Gasteiger partial charge in [-0.3, -0.25) is 5.41 Å². The van der Waals surface area contributed by atoms with Gasteiger partial charge >= 0.3 is 0 Å². The smallest absolute Gasteiger partial charge is 0.203 e. The van der Waals surface area contributed by atoms with Crippen molar-refractivity contribution in [1.29, 1.82) is 5.41 Å². The standard InChI is InChI=1S/C23H21Cl2N3O2.BrH/c1-29-17-7-9-18(10-8-17)30-13-12-27-21-4-2-3-5-22(21)28(23(27)26)15-16-6-11-19(24)20(25)14-16;/h2-11,14,26H,12-13,15H2,1H3;1H. The van der Waals surface area contributed by atoms with Crippen molar-refractivity contribution < 1.29 is 9.47 Å². The maximum absolute atomic E-state index is 8.75. The number of hydrogen-bond donors (Lipinski definition) is 1. The van der Waals surface area contributed by atoms with Gasteiger partial charge in [0.2, 0.25) is 5.62 Å². The van der Waals surface area contributed by atoms with E-state index in [0.717, 1.165) is 28.1 Å². The molecule has 31 heavy (non-hydrogen) atoms. The van der Waals surface area contributed by atoms with Crippen LogP contribution in [0, 0.1) is 5.41 Å². The van der Waals surface area contributed by atoms with Crippen LogP contribution in [0.3, 0.4) is 0 Å². The highest BCUT2D eigenvalue weighted by Gasteiger charge is 2.12. The molecule has 0 aliphatic carbocycles. The van der Waals surface area contributed by atoms with Crippen molar-refractivity contribution in [3.63, 3.8) is 0 Å². The molecule has 162 valence electrons. The third kappa shape index (κ3) is 5.09. The minimum absolute atomic E-state index is 0. The zero-order chi connectivity index (χ0) is 21.1. The van der Waals surface area contributed by atoms with Gasteiger partial charge < -0.3 is 18.6 Å². The number of nitrogens with zero attached hydrogens (tertiary/aromatic N) is 2. The number of fused-ring (bicyclic) bond motifs is 1. The Kier molecular flexibility index (Phi) is 7.70. The number of rotatable bonds is 7. The summed E-state index contributed by atoms with van der Waals surface area (Å²) in [7, 11) is 1.63. The van der Waals surface area contributed by atoms with Gasteiger partial charge in [0.25, 0.3) is 0 Å². The molecule has 0 atom stereocenters. The minimum atomic E-state index is 0. The van der Waals surface area contributed by atoms with E-state index in [1.165, 1.54) is 0 Å². The molecule has 0 spiro atoms. The summed E-state index contributed by atoms with van der Waals surface area (Å²) in [4.78, 5) is 0. The van der Waals surface area contributed by atoms with Crippen LogP contribution < -0.4 is 15.1 Å². The average Bonchev–Trinajstić information content (AvgIpc) is 3.03. The number of nitrogens with one attached hydrogen (secondary N) is 1. The minimum Gasteiger partial charge on any atom is -0.497 e. The first-order valence-corrected chi connectivity index (χ1v) is 10.3. The van der Waals surface area contributed by atoms with Gasteiger partial charge in [-0.1, -0.05) is 41.4 Å². The van der Waals surface area contributed by atoms with Crippen LogP contribution >= 0.6 is 40.2 Å². The normalized spacial score (nSPS) is 10.7. The second kappa shape index (κ2) is 10.3. The third-order valence-electron chi connectivity index (χ3n) is 4.94. The van der Waals surface area contributed by atoms with Gasteiger partial charge in [0.05, 0.1) is 41.3 Å². The lowest BCUT2D eigenvalue weighted by Crippen LogP contribution is -2.27. The Bertz CT molecular complexity index is 1240. The largest absolute Gasteiger partial charge is 0.497 e.